The summed E-state index contributed by atoms with van der Waals surface area (Å²) in [7, 11) is 3.19. The molecule has 1 unspecified atom stereocenters. The normalized spacial score (nSPS) is 18.9. The van der Waals surface area contributed by atoms with Crippen LogP contribution < -0.4 is 14.8 Å². The van der Waals surface area contributed by atoms with Crippen molar-refractivity contribution in [2.75, 3.05) is 19.5 Å². The first-order valence-electron chi connectivity index (χ1n) is 10.8. The van der Waals surface area contributed by atoms with Crippen LogP contribution in [0, 0.1) is 5.41 Å². The molecule has 2 aromatic carbocycles. The van der Waals surface area contributed by atoms with E-state index in [2.05, 4.69) is 19.2 Å². The van der Waals surface area contributed by atoms with Crippen LogP contribution in [0.25, 0.3) is 11.4 Å². The molecule has 1 N–H and O–H groups in total. The first kappa shape index (κ1) is 21.5. The molecule has 1 atom stereocenters. The highest BCUT2D eigenvalue weighted by Gasteiger charge is 2.42. The molecule has 1 aliphatic carbocycles. The van der Waals surface area contributed by atoms with E-state index < -0.39 is 6.04 Å². The summed E-state index contributed by atoms with van der Waals surface area (Å²) in [6, 6.07) is 12.7. The number of fused-ring (bicyclic) bond motifs is 1. The van der Waals surface area contributed by atoms with Crippen molar-refractivity contribution in [2.45, 2.75) is 32.7 Å². The highest BCUT2D eigenvalue weighted by atomic mass is 35.5. The van der Waals surface area contributed by atoms with Crippen LogP contribution in [0.1, 0.15) is 38.3 Å². The van der Waals surface area contributed by atoms with Gasteiger partial charge in [-0.15, -0.1) is 5.10 Å². The van der Waals surface area contributed by atoms with Crippen LogP contribution in [-0.4, -0.2) is 34.8 Å². The first-order chi connectivity index (χ1) is 15.8. The number of allylic oxidation sites excluding steroid dienone is 2. The molecule has 5 rings (SSSR count). The largest absolute Gasteiger partial charge is 0.493 e. The summed E-state index contributed by atoms with van der Waals surface area (Å²) in [5, 5.41) is 8.76. The lowest BCUT2D eigenvalue weighted by molar-refractivity contribution is -0.118. The van der Waals surface area contributed by atoms with Gasteiger partial charge in [-0.25, -0.2) is 4.68 Å². The molecule has 1 aromatic heterocycles. The van der Waals surface area contributed by atoms with Crippen molar-refractivity contribution in [2.24, 2.45) is 5.41 Å². The fourth-order valence-corrected chi connectivity index (χ4v) is 4.92. The molecule has 3 aromatic rings. The van der Waals surface area contributed by atoms with Gasteiger partial charge in [0.1, 0.15) is 6.04 Å². The fraction of sp³-hybridized carbons (Fsp3) is 0.320. The topological polar surface area (TPSA) is 78.3 Å². The molecule has 0 fully saturated rings. The average molecular weight is 465 g/mol. The number of carbonyl (C=O) groups excluding carboxylic acids is 1. The number of ether oxygens (including phenoxy) is 2. The lowest BCUT2D eigenvalue weighted by atomic mass is 9.73. The number of carbonyl (C=O) groups is 1. The number of nitrogens with one attached hydrogen (secondary N) is 1. The average Bonchev–Trinajstić information content (AvgIpc) is 3.20. The van der Waals surface area contributed by atoms with Gasteiger partial charge in [0.15, 0.2) is 23.1 Å². The Balaban J connectivity index is 1.71. The minimum atomic E-state index is -0.441. The molecule has 0 saturated heterocycles. The molecule has 2 aliphatic rings. The van der Waals surface area contributed by atoms with E-state index in [0.29, 0.717) is 40.3 Å². The predicted molar refractivity (Wildman–Crippen MR) is 127 cm³/mol. The van der Waals surface area contributed by atoms with E-state index in [0.717, 1.165) is 23.2 Å². The monoisotopic (exact) mass is 464 g/mol. The van der Waals surface area contributed by atoms with Gasteiger partial charge in [0, 0.05) is 23.3 Å². The number of rotatable bonds is 4. The van der Waals surface area contributed by atoms with E-state index in [1.165, 1.54) is 0 Å². The van der Waals surface area contributed by atoms with Gasteiger partial charge in [0.2, 0.25) is 5.95 Å². The number of ketones is 1. The lowest BCUT2D eigenvalue weighted by Gasteiger charge is -2.38. The summed E-state index contributed by atoms with van der Waals surface area (Å²) in [4.78, 5) is 18.2. The first-order valence-corrected chi connectivity index (χ1v) is 11.2. The summed E-state index contributed by atoms with van der Waals surface area (Å²) >= 11 is 6.43. The minimum Gasteiger partial charge on any atom is -0.493 e. The van der Waals surface area contributed by atoms with E-state index in [-0.39, 0.29) is 11.2 Å². The zero-order valence-electron chi connectivity index (χ0n) is 19.0. The summed E-state index contributed by atoms with van der Waals surface area (Å²) < 4.78 is 12.7. The van der Waals surface area contributed by atoms with Gasteiger partial charge in [-0.3, -0.25) is 4.79 Å². The Bertz CT molecular complexity index is 1290. The molecule has 0 saturated carbocycles. The molecule has 1 aliphatic heterocycles. The maximum Gasteiger partial charge on any atom is 0.226 e. The number of halogens is 1. The Morgan fingerprint density at radius 3 is 2.58 bits per heavy atom. The molecule has 0 spiro atoms. The van der Waals surface area contributed by atoms with Crippen molar-refractivity contribution in [1.82, 2.24) is 14.8 Å². The van der Waals surface area contributed by atoms with E-state index in [9.17, 15) is 4.79 Å². The van der Waals surface area contributed by atoms with Gasteiger partial charge < -0.3 is 14.8 Å². The number of nitrogens with zero attached hydrogens (tertiary/aromatic N) is 3. The summed E-state index contributed by atoms with van der Waals surface area (Å²) in [6.07, 6.45) is 1.21. The number of aromatic nitrogens is 3. The molecule has 7 nitrogen and oxygen atoms in total. The zero-order valence-corrected chi connectivity index (χ0v) is 19.7. The molecule has 0 bridgehead atoms. The van der Waals surface area contributed by atoms with Crippen LogP contribution in [-0.2, 0) is 4.79 Å². The third-order valence-electron chi connectivity index (χ3n) is 6.17. The number of anilines is 1. The third kappa shape index (κ3) is 3.66. The van der Waals surface area contributed by atoms with Gasteiger partial charge in [0.25, 0.3) is 0 Å². The number of Topliss-reactive ketones (excluding diaryl/α,β-unsaturated/α-hetero) is 1. The van der Waals surface area contributed by atoms with Gasteiger partial charge in [-0.2, -0.15) is 4.98 Å². The standard InChI is InChI=1S/C25H25ClN4O3/c1-25(2)12-17-21(18(31)13-25)22(14-9-10-19(32-3)20(11-14)33-4)30-24(27-17)28-23(29-30)15-7-5-6-8-16(15)26/h5-11,22H,12-13H2,1-4H3,(H,27,28,29). The summed E-state index contributed by atoms with van der Waals surface area (Å²) in [6.45, 7) is 4.21. The van der Waals surface area contributed by atoms with Crippen molar-refractivity contribution in [3.05, 3.63) is 64.3 Å². The van der Waals surface area contributed by atoms with Gasteiger partial charge >= 0.3 is 0 Å². The van der Waals surface area contributed by atoms with Crippen LogP contribution in [0.5, 0.6) is 11.5 Å². The Hall–Kier alpha value is -3.32. The second-order valence-corrected chi connectivity index (χ2v) is 9.57. The number of hydrogen-bond acceptors (Lipinski definition) is 6. The molecule has 170 valence electrons. The highest BCUT2D eigenvalue weighted by Crippen LogP contribution is 2.46. The number of benzene rings is 2. The Morgan fingerprint density at radius 1 is 1.09 bits per heavy atom. The van der Waals surface area contributed by atoms with Crippen LogP contribution in [0.15, 0.2) is 53.7 Å². The maximum absolute atomic E-state index is 13.4. The Morgan fingerprint density at radius 2 is 1.85 bits per heavy atom. The SMILES string of the molecule is COc1ccc(C2C3=C(CC(C)(C)CC3=O)Nc3nc(-c4ccccc4Cl)nn32)cc1OC. The molecule has 33 heavy (non-hydrogen) atoms. The van der Waals surface area contributed by atoms with Gasteiger partial charge in [-0.1, -0.05) is 43.6 Å². The van der Waals surface area contributed by atoms with E-state index in [1.807, 2.05) is 42.5 Å². The predicted octanol–water partition coefficient (Wildman–Crippen LogP) is 5.27. The van der Waals surface area contributed by atoms with Crippen molar-refractivity contribution >= 4 is 23.3 Å². The van der Waals surface area contributed by atoms with Crippen LogP contribution in [0.2, 0.25) is 5.02 Å². The second-order valence-electron chi connectivity index (χ2n) is 9.16. The van der Waals surface area contributed by atoms with E-state index in [4.69, 9.17) is 31.2 Å². The molecule has 8 heteroatoms. The van der Waals surface area contributed by atoms with Crippen LogP contribution in [0.4, 0.5) is 5.95 Å². The second kappa shape index (κ2) is 7.92. The van der Waals surface area contributed by atoms with Crippen molar-refractivity contribution in [3.63, 3.8) is 0 Å². The maximum atomic E-state index is 13.4. The quantitative estimate of drug-likeness (QED) is 0.566. The van der Waals surface area contributed by atoms with E-state index in [1.54, 1.807) is 18.9 Å². The number of methoxy groups -OCH3 is 2. The smallest absolute Gasteiger partial charge is 0.226 e. The third-order valence-corrected chi connectivity index (χ3v) is 6.50. The molecular formula is C25H25ClN4O3. The van der Waals surface area contributed by atoms with Crippen molar-refractivity contribution in [3.8, 4) is 22.9 Å². The van der Waals surface area contributed by atoms with Gasteiger partial charge in [0.05, 0.1) is 19.2 Å². The fourth-order valence-electron chi connectivity index (χ4n) is 4.70. The summed E-state index contributed by atoms with van der Waals surface area (Å²) in [5.74, 6) is 2.39. The number of hydrogen-bond donors (Lipinski definition) is 1. The van der Waals surface area contributed by atoms with Crippen LogP contribution >= 0.6 is 11.6 Å². The molecule has 0 radical (unpaired) electrons. The highest BCUT2D eigenvalue weighted by molar-refractivity contribution is 6.33. The van der Waals surface area contributed by atoms with Gasteiger partial charge in [-0.05, 0) is 41.7 Å². The Kier molecular flexibility index (Phi) is 5.16. The zero-order chi connectivity index (χ0) is 23.3. The van der Waals surface area contributed by atoms with Crippen molar-refractivity contribution in [1.29, 1.82) is 0 Å². The van der Waals surface area contributed by atoms with E-state index >= 15 is 0 Å². The molecular weight excluding hydrogens is 440 g/mol. The molecule has 2 heterocycles. The lowest BCUT2D eigenvalue weighted by Crippen LogP contribution is -2.36. The Labute approximate surface area is 197 Å². The minimum absolute atomic E-state index is 0.106. The van der Waals surface area contributed by atoms with Crippen molar-refractivity contribution < 1.29 is 14.3 Å². The van der Waals surface area contributed by atoms with Crippen LogP contribution in [0.3, 0.4) is 0 Å². The summed E-state index contributed by atoms with van der Waals surface area (Å²) in [5.41, 5.74) is 3.06. The molecule has 0 amide bonds.